The van der Waals surface area contributed by atoms with Crippen molar-refractivity contribution in [3.8, 4) is 0 Å². The molecule has 0 heterocycles. The summed E-state index contributed by atoms with van der Waals surface area (Å²) in [6.07, 6.45) is 1.62. The van der Waals surface area contributed by atoms with E-state index in [0.717, 1.165) is 0 Å². The van der Waals surface area contributed by atoms with E-state index in [1.54, 1.807) is 0 Å². The van der Waals surface area contributed by atoms with Gasteiger partial charge < -0.3 is 66.3 Å². The van der Waals surface area contributed by atoms with Crippen LogP contribution in [0.5, 0.6) is 0 Å². The zero-order valence-electron chi connectivity index (χ0n) is 29.8. The van der Waals surface area contributed by atoms with Crippen LogP contribution in [-0.2, 0) is 71.1 Å². The fraction of sp³-hybridized carbons (Fsp3) is 0.909. The molecule has 0 amide bonds. The molecule has 0 aliphatic rings. The maximum absolute atomic E-state index is 11.6. The van der Waals surface area contributed by atoms with Gasteiger partial charge >= 0.3 is 5.97 Å². The van der Waals surface area contributed by atoms with Crippen molar-refractivity contribution < 1.29 is 71.1 Å². The van der Waals surface area contributed by atoms with E-state index in [4.69, 9.17) is 66.3 Å². The average molecular weight is 701 g/mol. The predicted octanol–water partition coefficient (Wildman–Crippen LogP) is 2.08. The Hall–Kier alpha value is -1.47. The number of hydrogen-bond donors (Lipinski definition) is 0. The van der Waals surface area contributed by atoms with Gasteiger partial charge in [-0.25, -0.2) is 0 Å². The van der Waals surface area contributed by atoms with Crippen molar-refractivity contribution in [2.45, 2.75) is 32.8 Å². The summed E-state index contributed by atoms with van der Waals surface area (Å²) in [6.45, 7) is 21.1. The van der Waals surface area contributed by atoms with E-state index >= 15 is 0 Å². The molecule has 0 aromatic heterocycles. The molecule has 0 aromatic carbocycles. The molecule has 15 nitrogen and oxygen atoms in total. The largest absolute Gasteiger partial charge is 0.499 e. The van der Waals surface area contributed by atoms with Crippen molar-refractivity contribution in [1.29, 1.82) is 0 Å². The summed E-state index contributed by atoms with van der Waals surface area (Å²) in [5.74, 6) is -0.266. The Kier molecular flexibility index (Phi) is 37.2. The van der Waals surface area contributed by atoms with Crippen LogP contribution >= 0.6 is 0 Å². The zero-order valence-corrected chi connectivity index (χ0v) is 29.8. The van der Waals surface area contributed by atoms with E-state index < -0.39 is 5.60 Å². The highest BCUT2D eigenvalue weighted by atomic mass is 16.6. The maximum atomic E-state index is 11.6. The van der Waals surface area contributed by atoms with Crippen molar-refractivity contribution in [3.05, 3.63) is 12.8 Å². The van der Waals surface area contributed by atoms with Crippen LogP contribution in [0.4, 0.5) is 0 Å². The fourth-order valence-corrected chi connectivity index (χ4v) is 3.26. The summed E-state index contributed by atoms with van der Waals surface area (Å²) < 4.78 is 75.4. The van der Waals surface area contributed by atoms with Crippen LogP contribution in [0.15, 0.2) is 12.8 Å². The lowest BCUT2D eigenvalue weighted by atomic mass is 10.2. The van der Waals surface area contributed by atoms with Crippen LogP contribution in [0.2, 0.25) is 0 Å². The van der Waals surface area contributed by atoms with Crippen molar-refractivity contribution >= 4 is 5.97 Å². The summed E-state index contributed by atoms with van der Waals surface area (Å²) in [7, 11) is 0. The Balaban J connectivity index is 3.09. The SMILES string of the molecule is C=COCCOCCOCCOCCOCCOCCOCCOCCOCCOCCOCCOCCOCCC(=O)OC(C)(C)C. The Morgan fingerprint density at radius 2 is 0.604 bits per heavy atom. The molecule has 0 saturated heterocycles. The third-order valence-corrected chi connectivity index (χ3v) is 5.43. The summed E-state index contributed by atoms with van der Waals surface area (Å²) in [5, 5.41) is 0. The second-order valence-electron chi connectivity index (χ2n) is 10.7. The van der Waals surface area contributed by atoms with Crippen LogP contribution in [0.1, 0.15) is 27.2 Å². The van der Waals surface area contributed by atoms with Crippen molar-refractivity contribution in [2.24, 2.45) is 0 Å². The van der Waals surface area contributed by atoms with E-state index in [1.165, 1.54) is 6.26 Å². The molecule has 0 bridgehead atoms. The lowest BCUT2D eigenvalue weighted by molar-refractivity contribution is -0.156. The first-order valence-electron chi connectivity index (χ1n) is 16.8. The van der Waals surface area contributed by atoms with E-state index in [1.807, 2.05) is 20.8 Å². The quantitative estimate of drug-likeness (QED) is 0.0522. The number of carbonyl (C=O) groups is 1. The Morgan fingerprint density at radius 3 is 0.812 bits per heavy atom. The lowest BCUT2D eigenvalue weighted by Crippen LogP contribution is -2.24. The molecule has 0 aliphatic carbocycles. The lowest BCUT2D eigenvalue weighted by Gasteiger charge is -2.19. The van der Waals surface area contributed by atoms with Gasteiger partial charge in [-0.15, -0.1) is 0 Å². The van der Waals surface area contributed by atoms with E-state index in [-0.39, 0.29) is 12.4 Å². The van der Waals surface area contributed by atoms with Gasteiger partial charge in [-0.1, -0.05) is 6.58 Å². The zero-order chi connectivity index (χ0) is 35.1. The maximum Gasteiger partial charge on any atom is 0.308 e. The third-order valence-electron chi connectivity index (χ3n) is 5.43. The minimum atomic E-state index is -0.475. The van der Waals surface area contributed by atoms with Gasteiger partial charge in [-0.2, -0.15) is 0 Å². The smallest absolute Gasteiger partial charge is 0.308 e. The van der Waals surface area contributed by atoms with Crippen LogP contribution in [0, 0.1) is 0 Å². The first-order chi connectivity index (χ1) is 23.5. The number of rotatable bonds is 40. The van der Waals surface area contributed by atoms with E-state index in [0.29, 0.717) is 165 Å². The molecule has 0 spiro atoms. The number of hydrogen-bond acceptors (Lipinski definition) is 15. The first kappa shape index (κ1) is 46.5. The van der Waals surface area contributed by atoms with Crippen LogP contribution in [0.25, 0.3) is 0 Å². The molecule has 15 heteroatoms. The highest BCUT2D eigenvalue weighted by Gasteiger charge is 2.15. The minimum absolute atomic E-state index is 0.230. The minimum Gasteiger partial charge on any atom is -0.499 e. The van der Waals surface area contributed by atoms with Crippen molar-refractivity contribution in [1.82, 2.24) is 0 Å². The molecule has 0 saturated carbocycles. The highest BCUT2D eigenvalue weighted by Crippen LogP contribution is 2.08. The van der Waals surface area contributed by atoms with Crippen LogP contribution < -0.4 is 0 Å². The summed E-state index contributed by atoms with van der Waals surface area (Å²) >= 11 is 0. The molecule has 48 heavy (non-hydrogen) atoms. The Labute approximate surface area is 287 Å². The molecule has 0 aliphatic heterocycles. The molecule has 0 atom stereocenters. The topological polar surface area (TPSA) is 146 Å². The molecule has 0 rings (SSSR count). The second-order valence-corrected chi connectivity index (χ2v) is 10.7. The molecule has 286 valence electrons. The average Bonchev–Trinajstić information content (AvgIpc) is 3.05. The van der Waals surface area contributed by atoms with Gasteiger partial charge in [0.2, 0.25) is 0 Å². The molecule has 0 aromatic rings. The third kappa shape index (κ3) is 42.6. The van der Waals surface area contributed by atoms with Gasteiger partial charge in [0, 0.05) is 0 Å². The molecule has 0 radical (unpaired) electrons. The molecule has 0 unspecified atom stereocenters. The summed E-state index contributed by atoms with van der Waals surface area (Å²) in [5.41, 5.74) is -0.475. The summed E-state index contributed by atoms with van der Waals surface area (Å²) in [6, 6.07) is 0. The molecule has 0 fully saturated rings. The van der Waals surface area contributed by atoms with Crippen molar-refractivity contribution in [3.63, 3.8) is 0 Å². The van der Waals surface area contributed by atoms with Crippen LogP contribution in [0.3, 0.4) is 0 Å². The normalized spacial score (nSPS) is 11.6. The standard InChI is InChI=1S/C33H64O15/c1-5-35-8-9-37-12-13-39-16-17-41-20-21-43-24-25-45-28-29-47-31-30-46-27-26-44-23-22-42-19-18-40-15-14-38-11-10-36-7-6-32(34)48-33(2,3)4/h5H,1,6-31H2,2-4H3. The fourth-order valence-electron chi connectivity index (χ4n) is 3.26. The van der Waals surface area contributed by atoms with Gasteiger partial charge in [0.25, 0.3) is 0 Å². The Morgan fingerprint density at radius 1 is 0.396 bits per heavy atom. The number of ether oxygens (including phenoxy) is 14. The molecular weight excluding hydrogens is 636 g/mol. The van der Waals surface area contributed by atoms with E-state index in [2.05, 4.69) is 6.58 Å². The molecular formula is C33H64O15. The van der Waals surface area contributed by atoms with Gasteiger partial charge in [-0.05, 0) is 20.8 Å². The second kappa shape index (κ2) is 38.3. The van der Waals surface area contributed by atoms with Gasteiger partial charge in [0.05, 0.1) is 171 Å². The molecule has 0 N–H and O–H groups in total. The Bertz CT molecular complexity index is 663. The van der Waals surface area contributed by atoms with Crippen molar-refractivity contribution in [2.75, 3.05) is 165 Å². The predicted molar refractivity (Wildman–Crippen MR) is 176 cm³/mol. The highest BCUT2D eigenvalue weighted by molar-refractivity contribution is 5.69. The summed E-state index contributed by atoms with van der Waals surface area (Å²) in [4.78, 5) is 11.6. The number of carbonyl (C=O) groups excluding carboxylic acids is 1. The van der Waals surface area contributed by atoms with Gasteiger partial charge in [0.15, 0.2) is 0 Å². The van der Waals surface area contributed by atoms with Gasteiger partial charge in [0.1, 0.15) is 12.2 Å². The number of esters is 1. The first-order valence-corrected chi connectivity index (χ1v) is 16.8. The monoisotopic (exact) mass is 700 g/mol. The van der Waals surface area contributed by atoms with Gasteiger partial charge in [-0.3, -0.25) is 4.79 Å². The van der Waals surface area contributed by atoms with E-state index in [9.17, 15) is 4.79 Å². The van der Waals surface area contributed by atoms with Crippen LogP contribution in [-0.4, -0.2) is 177 Å².